The molecule has 0 aliphatic carbocycles. The zero-order chi connectivity index (χ0) is 20.8. The average molecular weight is 595 g/mol. The number of para-hydroxylation sites is 1. The summed E-state index contributed by atoms with van der Waals surface area (Å²) in [4.78, 5) is 9.94. The number of hydrogen-bond acceptors (Lipinski definition) is 4. The topological polar surface area (TPSA) is 30.9 Å². The number of hydrogen-bond donors (Lipinski definition) is 1. The van der Waals surface area contributed by atoms with Gasteiger partial charge in [0.15, 0.2) is 0 Å². The highest BCUT2D eigenvalue weighted by Gasteiger charge is 2.33. The van der Waals surface area contributed by atoms with E-state index < -0.39 is 0 Å². The quantitative estimate of drug-likeness (QED) is 0.433. The van der Waals surface area contributed by atoms with Gasteiger partial charge in [0.05, 0.1) is 28.1 Å². The van der Waals surface area contributed by atoms with Crippen LogP contribution in [0.5, 0.6) is 0 Å². The fourth-order valence-corrected chi connectivity index (χ4v) is 6.35. The van der Waals surface area contributed by atoms with Crippen LogP contribution in [0.2, 0.25) is 0 Å². The molecular weight excluding hydrogens is 572 g/mol. The predicted molar refractivity (Wildman–Crippen MR) is 137 cm³/mol. The van der Waals surface area contributed by atoms with Crippen LogP contribution in [-0.4, -0.2) is 50.4 Å². The van der Waals surface area contributed by atoms with E-state index in [0.717, 1.165) is 50.1 Å². The number of fused-ring (bicyclic) bond motifs is 2. The zero-order valence-electron chi connectivity index (χ0n) is 16.8. The van der Waals surface area contributed by atoms with E-state index in [1.807, 2.05) is 0 Å². The highest BCUT2D eigenvalue weighted by atomic mass is 79.9. The first-order valence-electron chi connectivity index (χ1n) is 10.3. The molecule has 1 saturated heterocycles. The van der Waals surface area contributed by atoms with Gasteiger partial charge in [-0.2, -0.15) is 0 Å². The minimum Gasteiger partial charge on any atom is -0.369 e. The standard InChI is InChI=1S/C23H23Br3N4/c1-29-13-16(15-12-17(24)19(25)20(26)23(15)29)22-21(14-6-2-3-7-18(14)28-22)27-8-11-30-9-4-5-10-30/h2-3,6-7,12,28H,4-5,8-11,13H2,1H3/b22-16+,27-21?. The van der Waals surface area contributed by atoms with Crippen molar-refractivity contribution in [2.24, 2.45) is 4.99 Å². The number of anilines is 2. The Balaban J connectivity index is 1.58. The lowest BCUT2D eigenvalue weighted by Gasteiger charge is -2.14. The van der Waals surface area contributed by atoms with E-state index in [9.17, 15) is 0 Å². The third-order valence-corrected chi connectivity index (χ3v) is 9.39. The molecule has 1 fully saturated rings. The van der Waals surface area contributed by atoms with Gasteiger partial charge in [0.1, 0.15) is 0 Å². The maximum atomic E-state index is 5.12. The molecule has 3 heterocycles. The summed E-state index contributed by atoms with van der Waals surface area (Å²) >= 11 is 11.2. The van der Waals surface area contributed by atoms with Crippen molar-refractivity contribution in [3.63, 3.8) is 0 Å². The Morgan fingerprint density at radius 2 is 1.80 bits per heavy atom. The van der Waals surface area contributed by atoms with Gasteiger partial charge in [-0.15, -0.1) is 0 Å². The summed E-state index contributed by atoms with van der Waals surface area (Å²) in [5.74, 6) is 0. The minimum atomic E-state index is 0.832. The zero-order valence-corrected chi connectivity index (χ0v) is 21.6. The summed E-state index contributed by atoms with van der Waals surface area (Å²) in [5.41, 5.74) is 8.32. The molecule has 0 radical (unpaired) electrons. The molecule has 0 amide bonds. The number of benzene rings is 2. The third kappa shape index (κ3) is 3.57. The Hall–Kier alpha value is -1.15. The number of nitrogens with one attached hydrogen (secondary N) is 1. The lowest BCUT2D eigenvalue weighted by Crippen LogP contribution is -2.23. The maximum absolute atomic E-state index is 5.12. The predicted octanol–water partition coefficient (Wildman–Crippen LogP) is 6.15. The first kappa shape index (κ1) is 20.7. The van der Waals surface area contributed by atoms with Gasteiger partial charge in [0, 0.05) is 51.5 Å². The van der Waals surface area contributed by atoms with Crippen molar-refractivity contribution in [1.29, 1.82) is 0 Å². The lowest BCUT2D eigenvalue weighted by molar-refractivity contribution is 0.349. The van der Waals surface area contributed by atoms with Crippen LogP contribution in [0.1, 0.15) is 24.0 Å². The summed E-state index contributed by atoms with van der Waals surface area (Å²) < 4.78 is 3.17. The molecule has 0 atom stereocenters. The van der Waals surface area contributed by atoms with Gasteiger partial charge in [-0.3, -0.25) is 4.99 Å². The molecule has 4 nitrogen and oxygen atoms in total. The van der Waals surface area contributed by atoms with E-state index in [1.54, 1.807) is 0 Å². The molecule has 3 aliphatic rings. The lowest BCUT2D eigenvalue weighted by atomic mass is 10.0. The molecule has 2 aromatic rings. The number of halogens is 3. The second-order valence-electron chi connectivity index (χ2n) is 8.04. The molecule has 5 rings (SSSR count). The number of aliphatic imine (C=N–C) groups is 1. The molecule has 0 unspecified atom stereocenters. The molecule has 2 aromatic carbocycles. The van der Waals surface area contributed by atoms with Crippen molar-refractivity contribution in [3.8, 4) is 0 Å². The molecule has 30 heavy (non-hydrogen) atoms. The second-order valence-corrected chi connectivity index (χ2v) is 10.5. The van der Waals surface area contributed by atoms with E-state index in [4.69, 9.17) is 4.99 Å². The Kier molecular flexibility index (Phi) is 5.82. The van der Waals surface area contributed by atoms with Crippen LogP contribution in [0.4, 0.5) is 11.4 Å². The smallest absolute Gasteiger partial charge is 0.0906 e. The van der Waals surface area contributed by atoms with Crippen LogP contribution in [0.25, 0.3) is 5.57 Å². The van der Waals surface area contributed by atoms with Gasteiger partial charge in [-0.25, -0.2) is 0 Å². The molecular formula is C23H23Br3N4. The van der Waals surface area contributed by atoms with Gasteiger partial charge < -0.3 is 15.1 Å². The van der Waals surface area contributed by atoms with Crippen molar-refractivity contribution >= 4 is 70.4 Å². The number of allylic oxidation sites excluding steroid dienone is 1. The van der Waals surface area contributed by atoms with Gasteiger partial charge in [0.25, 0.3) is 0 Å². The molecule has 0 saturated carbocycles. The van der Waals surface area contributed by atoms with Crippen LogP contribution >= 0.6 is 47.8 Å². The highest BCUT2D eigenvalue weighted by molar-refractivity contribution is 9.14. The van der Waals surface area contributed by atoms with Crippen LogP contribution < -0.4 is 10.2 Å². The van der Waals surface area contributed by atoms with Gasteiger partial charge in [-0.05, 0) is 85.9 Å². The minimum absolute atomic E-state index is 0.832. The monoisotopic (exact) mass is 592 g/mol. The van der Waals surface area contributed by atoms with Crippen molar-refractivity contribution < 1.29 is 0 Å². The molecule has 0 spiro atoms. The maximum Gasteiger partial charge on any atom is 0.0906 e. The van der Waals surface area contributed by atoms with Crippen molar-refractivity contribution in [2.75, 3.05) is 50.0 Å². The van der Waals surface area contributed by atoms with Crippen molar-refractivity contribution in [2.45, 2.75) is 12.8 Å². The van der Waals surface area contributed by atoms with E-state index in [-0.39, 0.29) is 0 Å². The van der Waals surface area contributed by atoms with Gasteiger partial charge in [0.2, 0.25) is 0 Å². The molecule has 7 heteroatoms. The van der Waals surface area contributed by atoms with Crippen LogP contribution in [-0.2, 0) is 0 Å². The van der Waals surface area contributed by atoms with Crippen molar-refractivity contribution in [1.82, 2.24) is 4.90 Å². The number of likely N-dealkylation sites (tertiary alicyclic amines) is 1. The molecule has 1 N–H and O–H groups in total. The number of rotatable bonds is 3. The Bertz CT molecular complexity index is 1070. The van der Waals surface area contributed by atoms with Gasteiger partial charge >= 0.3 is 0 Å². The fraction of sp³-hybridized carbons (Fsp3) is 0.348. The Labute approximate surface area is 202 Å². The first-order chi connectivity index (χ1) is 14.5. The first-order valence-corrected chi connectivity index (χ1v) is 12.7. The average Bonchev–Trinajstić information content (AvgIpc) is 3.45. The van der Waals surface area contributed by atoms with E-state index in [0.29, 0.717) is 0 Å². The fourth-order valence-electron chi connectivity index (χ4n) is 4.62. The van der Waals surface area contributed by atoms with E-state index in [1.165, 1.54) is 48.3 Å². The SMILES string of the molecule is CN1C/C(=C2\Nc3ccccc3C2=NCCN2CCCC2)c2cc(Br)c(Br)c(Br)c21. The van der Waals surface area contributed by atoms with Crippen LogP contribution in [0, 0.1) is 0 Å². The molecule has 0 aromatic heterocycles. The summed E-state index contributed by atoms with van der Waals surface area (Å²) in [6, 6.07) is 10.7. The number of likely N-dealkylation sites (N-methyl/N-ethyl adjacent to an activating group) is 1. The number of nitrogens with zero attached hydrogens (tertiary/aromatic N) is 3. The summed E-state index contributed by atoms with van der Waals surface area (Å²) in [6.07, 6.45) is 2.64. The largest absolute Gasteiger partial charge is 0.369 e. The third-order valence-electron chi connectivity index (χ3n) is 6.10. The normalized spacial score (nSPS) is 22.0. The highest BCUT2D eigenvalue weighted by Crippen LogP contribution is 2.48. The summed E-state index contributed by atoms with van der Waals surface area (Å²) in [6.45, 7) is 5.14. The van der Waals surface area contributed by atoms with E-state index in [2.05, 4.69) is 100 Å². The van der Waals surface area contributed by atoms with Crippen LogP contribution in [0.3, 0.4) is 0 Å². The molecule has 0 bridgehead atoms. The molecule has 3 aliphatic heterocycles. The second kappa shape index (κ2) is 8.41. The molecule has 156 valence electrons. The summed E-state index contributed by atoms with van der Waals surface area (Å²) in [5, 5.41) is 3.69. The Morgan fingerprint density at radius 3 is 2.60 bits per heavy atom. The van der Waals surface area contributed by atoms with Crippen LogP contribution in [0.15, 0.2) is 54.4 Å². The van der Waals surface area contributed by atoms with Gasteiger partial charge in [-0.1, -0.05) is 18.2 Å². The van der Waals surface area contributed by atoms with E-state index >= 15 is 0 Å². The summed E-state index contributed by atoms with van der Waals surface area (Å²) in [7, 11) is 2.14. The Morgan fingerprint density at radius 1 is 1.03 bits per heavy atom. The van der Waals surface area contributed by atoms with Crippen molar-refractivity contribution in [3.05, 3.63) is 60.6 Å².